The number of hydrogen-bond acceptors (Lipinski definition) is 5. The Morgan fingerprint density at radius 1 is 1.15 bits per heavy atom. The summed E-state index contributed by atoms with van der Waals surface area (Å²) in [6, 6.07) is 10.1. The largest absolute Gasteiger partial charge is 0.365 e. The Kier molecular flexibility index (Phi) is 6.22. The number of piperidine rings is 1. The van der Waals surface area contributed by atoms with Gasteiger partial charge in [0.05, 0.1) is 4.92 Å². The van der Waals surface area contributed by atoms with Crippen LogP contribution < -0.4 is 15.8 Å². The molecule has 5 rings (SSSR count). The van der Waals surface area contributed by atoms with Crippen molar-refractivity contribution in [2.24, 2.45) is 5.92 Å². The number of aromatic nitrogens is 1. The summed E-state index contributed by atoms with van der Waals surface area (Å²) in [6.45, 7) is 2.43. The molecule has 2 aliphatic heterocycles. The van der Waals surface area contributed by atoms with E-state index in [2.05, 4.69) is 16.3 Å². The summed E-state index contributed by atoms with van der Waals surface area (Å²) in [6.07, 6.45) is 8.70. The second-order valence-electron chi connectivity index (χ2n) is 9.68. The van der Waals surface area contributed by atoms with Crippen LogP contribution in [0.2, 0.25) is 0 Å². The van der Waals surface area contributed by atoms with E-state index in [0.29, 0.717) is 37.4 Å². The number of carbonyl (C=O) groups excluding carboxylic acids is 1. The van der Waals surface area contributed by atoms with Gasteiger partial charge in [0.15, 0.2) is 0 Å². The third-order valence-electron chi connectivity index (χ3n) is 7.37. The van der Waals surface area contributed by atoms with Crippen molar-refractivity contribution in [1.82, 2.24) is 9.88 Å². The molecule has 0 saturated carbocycles. The Morgan fingerprint density at radius 3 is 2.82 bits per heavy atom. The molecule has 3 heterocycles. The maximum atomic E-state index is 12.7. The maximum absolute atomic E-state index is 12.7. The van der Waals surface area contributed by atoms with Gasteiger partial charge in [0, 0.05) is 55.5 Å². The number of allylic oxidation sites excluding steroid dienone is 1. The second kappa shape index (κ2) is 9.44. The van der Waals surface area contributed by atoms with Crippen LogP contribution >= 0.6 is 0 Å². The molecule has 1 aliphatic carbocycles. The van der Waals surface area contributed by atoms with Gasteiger partial charge >= 0.3 is 0 Å². The zero-order valence-electron chi connectivity index (χ0n) is 19.2. The average Bonchev–Trinajstić information content (AvgIpc) is 2.85. The number of benzene rings is 1. The minimum absolute atomic E-state index is 0.0155. The fraction of sp³-hybridized carbons (Fsp3) is 0.462. The second-order valence-corrected chi connectivity index (χ2v) is 9.68. The van der Waals surface area contributed by atoms with Crippen LogP contribution in [0.15, 0.2) is 52.8 Å². The molecule has 8 nitrogen and oxygen atoms in total. The van der Waals surface area contributed by atoms with Gasteiger partial charge in [-0.3, -0.25) is 19.7 Å². The molecule has 1 fully saturated rings. The summed E-state index contributed by atoms with van der Waals surface area (Å²) >= 11 is 0. The molecule has 1 aromatic carbocycles. The normalized spacial score (nSPS) is 21.4. The van der Waals surface area contributed by atoms with E-state index in [1.54, 1.807) is 24.3 Å². The first-order valence-electron chi connectivity index (χ1n) is 12.2. The van der Waals surface area contributed by atoms with E-state index in [0.717, 1.165) is 31.4 Å². The molecule has 3 aliphatic rings. The van der Waals surface area contributed by atoms with E-state index in [9.17, 15) is 19.7 Å². The van der Waals surface area contributed by atoms with Crippen LogP contribution in [-0.4, -0.2) is 35.0 Å². The molecule has 1 saturated heterocycles. The first-order chi connectivity index (χ1) is 16.5. The lowest BCUT2D eigenvalue weighted by atomic mass is 9.83. The Hall–Kier alpha value is -3.42. The number of fused-ring (bicyclic) bond motifs is 4. The van der Waals surface area contributed by atoms with Gasteiger partial charge < -0.3 is 14.8 Å². The summed E-state index contributed by atoms with van der Waals surface area (Å²) in [4.78, 5) is 38.5. The predicted octanol–water partition coefficient (Wildman–Crippen LogP) is 4.00. The number of rotatable bonds is 6. The summed E-state index contributed by atoms with van der Waals surface area (Å²) in [5.41, 5.74) is 3.19. The Labute approximate surface area is 198 Å². The zero-order valence-corrected chi connectivity index (χ0v) is 19.2. The van der Waals surface area contributed by atoms with Crippen molar-refractivity contribution in [2.45, 2.75) is 51.0 Å². The van der Waals surface area contributed by atoms with Crippen LogP contribution in [0.1, 0.15) is 60.5 Å². The predicted molar refractivity (Wildman–Crippen MR) is 130 cm³/mol. The topological polar surface area (TPSA) is 97.5 Å². The molecule has 2 atom stereocenters. The number of carbonyl (C=O) groups is 1. The van der Waals surface area contributed by atoms with Crippen molar-refractivity contribution in [2.75, 3.05) is 24.5 Å². The van der Waals surface area contributed by atoms with E-state index in [1.165, 1.54) is 24.5 Å². The van der Waals surface area contributed by atoms with Gasteiger partial charge in [-0.15, -0.1) is 0 Å². The van der Waals surface area contributed by atoms with Crippen molar-refractivity contribution < 1.29 is 9.72 Å². The number of anilines is 1. The van der Waals surface area contributed by atoms with Crippen molar-refractivity contribution in [3.05, 3.63) is 79.8 Å². The number of nitro benzene ring substituents is 1. The Morgan fingerprint density at radius 2 is 2.03 bits per heavy atom. The smallest absolute Gasteiger partial charge is 0.293 e. The highest BCUT2D eigenvalue weighted by Gasteiger charge is 2.36. The minimum Gasteiger partial charge on any atom is -0.365 e. The SMILES string of the molecule is O=C(NCCC1=CCCCC1)c1ccc(N2CC3CC(C2)c2cccc(=O)n2C3)c([N+](=O)[O-])c1. The first-order valence-corrected chi connectivity index (χ1v) is 12.2. The van der Waals surface area contributed by atoms with Crippen LogP contribution in [0.3, 0.4) is 0 Å². The number of nitro groups is 1. The third kappa shape index (κ3) is 4.49. The average molecular weight is 463 g/mol. The van der Waals surface area contributed by atoms with Gasteiger partial charge in [-0.2, -0.15) is 0 Å². The molecule has 178 valence electrons. The first kappa shape index (κ1) is 22.4. The highest BCUT2D eigenvalue weighted by atomic mass is 16.6. The molecule has 2 aromatic rings. The number of pyridine rings is 1. The van der Waals surface area contributed by atoms with Crippen LogP contribution in [0.4, 0.5) is 11.4 Å². The van der Waals surface area contributed by atoms with Gasteiger partial charge in [0.2, 0.25) is 0 Å². The summed E-state index contributed by atoms with van der Waals surface area (Å²) in [7, 11) is 0. The summed E-state index contributed by atoms with van der Waals surface area (Å²) in [5, 5.41) is 14.9. The van der Waals surface area contributed by atoms with Crippen LogP contribution in [0.25, 0.3) is 0 Å². The van der Waals surface area contributed by atoms with E-state index in [1.807, 2.05) is 10.6 Å². The lowest BCUT2D eigenvalue weighted by molar-refractivity contribution is -0.384. The molecule has 1 amide bonds. The summed E-state index contributed by atoms with van der Waals surface area (Å²) in [5.74, 6) is 0.121. The Bertz CT molecular complexity index is 1200. The maximum Gasteiger partial charge on any atom is 0.293 e. The molecular weight excluding hydrogens is 432 g/mol. The Balaban J connectivity index is 1.32. The number of amides is 1. The highest BCUT2D eigenvalue weighted by molar-refractivity contribution is 5.95. The summed E-state index contributed by atoms with van der Waals surface area (Å²) < 4.78 is 1.85. The monoisotopic (exact) mass is 462 g/mol. The van der Waals surface area contributed by atoms with Crippen molar-refractivity contribution in [3.63, 3.8) is 0 Å². The van der Waals surface area contributed by atoms with Gasteiger partial charge in [-0.05, 0) is 62.6 Å². The number of hydrogen-bond donors (Lipinski definition) is 1. The fourth-order valence-corrected chi connectivity index (χ4v) is 5.74. The molecular formula is C26H30N4O4. The molecule has 0 radical (unpaired) electrons. The van der Waals surface area contributed by atoms with Crippen molar-refractivity contribution in [1.29, 1.82) is 0 Å². The zero-order chi connectivity index (χ0) is 23.7. The van der Waals surface area contributed by atoms with Crippen LogP contribution in [0.5, 0.6) is 0 Å². The highest BCUT2D eigenvalue weighted by Crippen LogP contribution is 2.39. The molecule has 2 unspecified atom stereocenters. The lowest BCUT2D eigenvalue weighted by Crippen LogP contribution is -2.47. The fourth-order valence-electron chi connectivity index (χ4n) is 5.74. The third-order valence-corrected chi connectivity index (χ3v) is 7.37. The van der Waals surface area contributed by atoms with Crippen molar-refractivity contribution in [3.8, 4) is 0 Å². The molecule has 1 N–H and O–H groups in total. The molecule has 8 heteroatoms. The van der Waals surface area contributed by atoms with E-state index < -0.39 is 4.92 Å². The quantitative estimate of drug-likeness (QED) is 0.398. The number of nitrogens with zero attached hydrogens (tertiary/aromatic N) is 3. The molecule has 2 bridgehead atoms. The van der Waals surface area contributed by atoms with Gasteiger partial charge in [0.25, 0.3) is 17.2 Å². The van der Waals surface area contributed by atoms with Crippen LogP contribution in [-0.2, 0) is 6.54 Å². The van der Waals surface area contributed by atoms with Crippen LogP contribution in [0, 0.1) is 16.0 Å². The molecule has 1 aromatic heterocycles. The number of nitrogens with one attached hydrogen (secondary N) is 1. The lowest BCUT2D eigenvalue weighted by Gasteiger charge is -2.43. The standard InChI is InChI=1S/C26H30N4O4/c31-25-8-4-7-22-21-13-19(16-29(22)25)15-28(17-21)23-10-9-20(14-24(23)30(33)34)26(32)27-12-11-18-5-2-1-3-6-18/h4-5,7-10,14,19,21H,1-3,6,11-13,15-17H2,(H,27,32). The minimum atomic E-state index is -0.401. The van der Waals surface area contributed by atoms with Gasteiger partial charge in [-0.1, -0.05) is 17.7 Å². The molecule has 34 heavy (non-hydrogen) atoms. The van der Waals surface area contributed by atoms with E-state index in [-0.39, 0.29) is 29.0 Å². The van der Waals surface area contributed by atoms with Crippen molar-refractivity contribution >= 4 is 17.3 Å². The van der Waals surface area contributed by atoms with Gasteiger partial charge in [0.1, 0.15) is 5.69 Å². The van der Waals surface area contributed by atoms with E-state index >= 15 is 0 Å². The van der Waals surface area contributed by atoms with E-state index in [4.69, 9.17) is 0 Å². The molecule has 0 spiro atoms. The van der Waals surface area contributed by atoms with Gasteiger partial charge in [-0.25, -0.2) is 0 Å².